The van der Waals surface area contributed by atoms with Crippen LogP contribution in [0, 0.1) is 0 Å². The lowest BCUT2D eigenvalue weighted by Gasteiger charge is -2.19. The first-order valence-electron chi connectivity index (χ1n) is 5.80. The third-order valence-corrected chi connectivity index (χ3v) is 3.19. The maximum Gasteiger partial charge on any atom is 0.145 e. The Balaban J connectivity index is 1.78. The van der Waals surface area contributed by atoms with Gasteiger partial charge in [-0.1, -0.05) is 0 Å². The van der Waals surface area contributed by atoms with Crippen LogP contribution in [0.3, 0.4) is 0 Å². The molecule has 1 aliphatic rings. The van der Waals surface area contributed by atoms with Gasteiger partial charge in [0.05, 0.1) is 18.5 Å². The highest BCUT2D eigenvalue weighted by Gasteiger charge is 2.20. The molecule has 2 heterocycles. The Morgan fingerprint density at radius 1 is 1.62 bits per heavy atom. The lowest BCUT2D eigenvalue weighted by molar-refractivity contribution is 0.234. The van der Waals surface area contributed by atoms with E-state index in [2.05, 4.69) is 16.9 Å². The van der Waals surface area contributed by atoms with Gasteiger partial charge in [0.25, 0.3) is 0 Å². The summed E-state index contributed by atoms with van der Waals surface area (Å²) in [5.74, 6) is 0.746. The van der Waals surface area contributed by atoms with Crippen LogP contribution in [0.2, 0.25) is 0 Å². The maximum absolute atomic E-state index is 5.74. The first kappa shape index (κ1) is 11.2. The van der Waals surface area contributed by atoms with E-state index >= 15 is 0 Å². The minimum Gasteiger partial charge on any atom is -0.491 e. The summed E-state index contributed by atoms with van der Waals surface area (Å²) in [4.78, 5) is 6.33. The van der Waals surface area contributed by atoms with E-state index in [0.717, 1.165) is 18.8 Å². The Morgan fingerprint density at radius 3 is 3.19 bits per heavy atom. The van der Waals surface area contributed by atoms with Crippen LogP contribution in [0.15, 0.2) is 18.5 Å². The number of nitrogens with zero attached hydrogens (tertiary/aromatic N) is 2. The van der Waals surface area contributed by atoms with Crippen LogP contribution >= 0.6 is 0 Å². The monoisotopic (exact) mass is 221 g/mol. The molecule has 1 aromatic rings. The second kappa shape index (κ2) is 5.16. The smallest absolute Gasteiger partial charge is 0.145 e. The third kappa shape index (κ3) is 2.64. The quantitative estimate of drug-likeness (QED) is 0.837. The standard InChI is InChI=1S/C12H19N3O/c1-15-7-2-3-10(15)5-8-16-12-4-6-14-9-11(12)13/h4,6,9-10H,2-3,5,7-8,13H2,1H3. The Hall–Kier alpha value is -1.29. The number of anilines is 1. The van der Waals surface area contributed by atoms with E-state index in [1.54, 1.807) is 12.4 Å². The SMILES string of the molecule is CN1CCCC1CCOc1ccncc1N. The number of hydrogen-bond donors (Lipinski definition) is 1. The fourth-order valence-corrected chi connectivity index (χ4v) is 2.17. The van der Waals surface area contributed by atoms with Gasteiger partial charge in [0.1, 0.15) is 5.75 Å². The van der Waals surface area contributed by atoms with Gasteiger partial charge in [0.15, 0.2) is 0 Å². The zero-order valence-corrected chi connectivity index (χ0v) is 9.72. The molecule has 1 aromatic heterocycles. The van der Waals surface area contributed by atoms with Crippen molar-refractivity contribution < 1.29 is 4.74 Å². The molecule has 0 aliphatic carbocycles. The Morgan fingerprint density at radius 2 is 2.50 bits per heavy atom. The van der Waals surface area contributed by atoms with Crippen molar-refractivity contribution in [3.8, 4) is 5.75 Å². The van der Waals surface area contributed by atoms with Crippen molar-refractivity contribution in [3.05, 3.63) is 18.5 Å². The Kier molecular flexibility index (Phi) is 3.62. The van der Waals surface area contributed by atoms with Crippen molar-refractivity contribution in [2.75, 3.05) is 25.9 Å². The predicted molar refractivity (Wildman–Crippen MR) is 64.4 cm³/mol. The van der Waals surface area contributed by atoms with Gasteiger partial charge in [0, 0.05) is 18.3 Å². The molecule has 2 rings (SSSR count). The molecule has 1 unspecified atom stereocenters. The van der Waals surface area contributed by atoms with Crippen LogP contribution in [0.25, 0.3) is 0 Å². The molecule has 2 N–H and O–H groups in total. The molecule has 88 valence electrons. The van der Waals surface area contributed by atoms with Crippen molar-refractivity contribution in [1.82, 2.24) is 9.88 Å². The van der Waals surface area contributed by atoms with Crippen LogP contribution in [-0.4, -0.2) is 36.1 Å². The van der Waals surface area contributed by atoms with Crippen molar-refractivity contribution in [3.63, 3.8) is 0 Å². The van der Waals surface area contributed by atoms with Crippen LogP contribution in [0.5, 0.6) is 5.75 Å². The van der Waals surface area contributed by atoms with Gasteiger partial charge in [-0.15, -0.1) is 0 Å². The van der Waals surface area contributed by atoms with Crippen molar-refractivity contribution in [2.24, 2.45) is 0 Å². The predicted octanol–water partition coefficient (Wildman–Crippen LogP) is 1.53. The summed E-state index contributed by atoms with van der Waals surface area (Å²) < 4.78 is 5.66. The molecule has 4 nitrogen and oxygen atoms in total. The summed E-state index contributed by atoms with van der Waals surface area (Å²) >= 11 is 0. The molecule has 0 saturated carbocycles. The molecule has 0 radical (unpaired) electrons. The fourth-order valence-electron chi connectivity index (χ4n) is 2.17. The second-order valence-corrected chi connectivity index (χ2v) is 4.33. The average molecular weight is 221 g/mol. The first-order chi connectivity index (χ1) is 7.77. The molecule has 1 aliphatic heterocycles. The zero-order valence-electron chi connectivity index (χ0n) is 9.72. The highest BCUT2D eigenvalue weighted by atomic mass is 16.5. The van der Waals surface area contributed by atoms with E-state index in [9.17, 15) is 0 Å². The first-order valence-corrected chi connectivity index (χ1v) is 5.80. The molecule has 16 heavy (non-hydrogen) atoms. The number of pyridine rings is 1. The fraction of sp³-hybridized carbons (Fsp3) is 0.583. The van der Waals surface area contributed by atoms with E-state index in [4.69, 9.17) is 10.5 Å². The number of aromatic nitrogens is 1. The number of likely N-dealkylation sites (tertiary alicyclic amines) is 1. The summed E-state index contributed by atoms with van der Waals surface area (Å²) in [6.07, 6.45) is 6.98. The summed E-state index contributed by atoms with van der Waals surface area (Å²) in [7, 11) is 2.18. The minimum absolute atomic E-state index is 0.613. The van der Waals surface area contributed by atoms with Crippen molar-refractivity contribution in [2.45, 2.75) is 25.3 Å². The normalized spacial score (nSPS) is 21.2. The number of hydrogen-bond acceptors (Lipinski definition) is 4. The van der Waals surface area contributed by atoms with Crippen LogP contribution in [0.4, 0.5) is 5.69 Å². The largest absolute Gasteiger partial charge is 0.491 e. The van der Waals surface area contributed by atoms with Gasteiger partial charge in [-0.2, -0.15) is 0 Å². The summed E-state index contributed by atoms with van der Waals surface area (Å²) in [6, 6.07) is 2.48. The van der Waals surface area contributed by atoms with Gasteiger partial charge in [-0.05, 0) is 32.9 Å². The van der Waals surface area contributed by atoms with Gasteiger partial charge in [-0.3, -0.25) is 4.98 Å². The third-order valence-electron chi connectivity index (χ3n) is 3.19. The van der Waals surface area contributed by atoms with Crippen LogP contribution in [0.1, 0.15) is 19.3 Å². The number of rotatable bonds is 4. The van der Waals surface area contributed by atoms with Gasteiger partial charge >= 0.3 is 0 Å². The van der Waals surface area contributed by atoms with Gasteiger partial charge in [-0.25, -0.2) is 0 Å². The highest BCUT2D eigenvalue weighted by Crippen LogP contribution is 2.21. The van der Waals surface area contributed by atoms with E-state index in [-0.39, 0.29) is 0 Å². The molecular formula is C12H19N3O. The number of nitrogens with two attached hydrogens (primary N) is 1. The second-order valence-electron chi connectivity index (χ2n) is 4.33. The topological polar surface area (TPSA) is 51.4 Å². The summed E-state index contributed by atoms with van der Waals surface area (Å²) in [5, 5.41) is 0. The van der Waals surface area contributed by atoms with Crippen molar-refractivity contribution in [1.29, 1.82) is 0 Å². The van der Waals surface area contributed by atoms with Crippen LogP contribution in [-0.2, 0) is 0 Å². The summed E-state index contributed by atoms with van der Waals surface area (Å²) in [5.41, 5.74) is 6.36. The molecule has 0 spiro atoms. The van der Waals surface area contributed by atoms with Crippen LogP contribution < -0.4 is 10.5 Å². The molecule has 1 atom stereocenters. The molecular weight excluding hydrogens is 202 g/mol. The highest BCUT2D eigenvalue weighted by molar-refractivity contribution is 5.49. The van der Waals surface area contributed by atoms with E-state index < -0.39 is 0 Å². The van der Waals surface area contributed by atoms with E-state index in [1.165, 1.54) is 19.4 Å². The number of ether oxygens (including phenoxy) is 1. The zero-order chi connectivity index (χ0) is 11.4. The molecule has 0 aromatic carbocycles. The summed E-state index contributed by atoms with van der Waals surface area (Å²) in [6.45, 7) is 1.94. The van der Waals surface area contributed by atoms with E-state index in [0.29, 0.717) is 11.7 Å². The van der Waals surface area contributed by atoms with Gasteiger partial charge in [0.2, 0.25) is 0 Å². The number of nitrogen functional groups attached to an aromatic ring is 1. The molecule has 4 heteroatoms. The van der Waals surface area contributed by atoms with Crippen molar-refractivity contribution >= 4 is 5.69 Å². The maximum atomic E-state index is 5.74. The molecule has 0 bridgehead atoms. The van der Waals surface area contributed by atoms with E-state index in [1.807, 2.05) is 6.07 Å². The average Bonchev–Trinajstić information content (AvgIpc) is 2.67. The molecule has 1 saturated heterocycles. The Labute approximate surface area is 96.4 Å². The van der Waals surface area contributed by atoms with Gasteiger partial charge < -0.3 is 15.4 Å². The lowest BCUT2D eigenvalue weighted by Crippen LogP contribution is -2.26. The Bertz CT molecular complexity index is 343. The lowest BCUT2D eigenvalue weighted by atomic mass is 10.1. The minimum atomic E-state index is 0.613. The molecule has 0 amide bonds. The molecule has 1 fully saturated rings.